The zero-order chi connectivity index (χ0) is 10.4. The highest BCUT2D eigenvalue weighted by atomic mass is 16.2. The van der Waals surface area contributed by atoms with Gasteiger partial charge in [-0.25, -0.2) is 0 Å². The first kappa shape index (κ1) is 11.5. The number of hydrogen-bond donors (Lipinski definition) is 1. The van der Waals surface area contributed by atoms with Crippen LogP contribution in [0.3, 0.4) is 0 Å². The lowest BCUT2D eigenvalue weighted by Crippen LogP contribution is -2.41. The van der Waals surface area contributed by atoms with E-state index in [1.165, 1.54) is 12.8 Å². The molecule has 0 radical (unpaired) electrons. The van der Waals surface area contributed by atoms with Gasteiger partial charge in [0.1, 0.15) is 0 Å². The Kier molecular flexibility index (Phi) is 4.94. The molecular formula is C11H22N2O. The molecule has 1 aliphatic heterocycles. The standard InChI is InChI=1S/C11H22N2O/c1-3-6-12-11(14)9-13-7-4-10(2)5-8-13/h10H,3-9H2,1-2H3,(H,12,14). The highest BCUT2D eigenvalue weighted by Crippen LogP contribution is 2.15. The third kappa shape index (κ3) is 4.09. The SMILES string of the molecule is CCCNC(=O)CN1CCC(C)CC1. The lowest BCUT2D eigenvalue weighted by Gasteiger charge is -2.29. The summed E-state index contributed by atoms with van der Waals surface area (Å²) in [5.41, 5.74) is 0. The van der Waals surface area contributed by atoms with Crippen LogP contribution < -0.4 is 5.32 Å². The number of hydrogen-bond acceptors (Lipinski definition) is 2. The van der Waals surface area contributed by atoms with Crippen molar-refractivity contribution in [3.05, 3.63) is 0 Å². The van der Waals surface area contributed by atoms with Gasteiger partial charge in [-0.3, -0.25) is 9.69 Å². The van der Waals surface area contributed by atoms with E-state index in [0.29, 0.717) is 6.54 Å². The number of likely N-dealkylation sites (tertiary alicyclic amines) is 1. The lowest BCUT2D eigenvalue weighted by molar-refractivity contribution is -0.122. The third-order valence-electron chi connectivity index (χ3n) is 2.82. The lowest BCUT2D eigenvalue weighted by atomic mass is 9.99. The van der Waals surface area contributed by atoms with E-state index in [-0.39, 0.29) is 5.91 Å². The molecule has 1 aliphatic rings. The van der Waals surface area contributed by atoms with Crippen LogP contribution in [0.5, 0.6) is 0 Å². The van der Waals surface area contributed by atoms with Gasteiger partial charge in [0.05, 0.1) is 6.54 Å². The zero-order valence-corrected chi connectivity index (χ0v) is 9.38. The van der Waals surface area contributed by atoms with Gasteiger partial charge >= 0.3 is 0 Å². The summed E-state index contributed by atoms with van der Waals surface area (Å²) < 4.78 is 0. The maximum absolute atomic E-state index is 11.4. The van der Waals surface area contributed by atoms with Crippen LogP contribution in [-0.4, -0.2) is 37.0 Å². The zero-order valence-electron chi connectivity index (χ0n) is 9.38. The summed E-state index contributed by atoms with van der Waals surface area (Å²) in [5, 5.41) is 2.91. The van der Waals surface area contributed by atoms with Gasteiger partial charge in [0.2, 0.25) is 5.91 Å². The van der Waals surface area contributed by atoms with E-state index in [4.69, 9.17) is 0 Å². The molecule has 0 aliphatic carbocycles. The van der Waals surface area contributed by atoms with E-state index in [9.17, 15) is 4.79 Å². The number of amides is 1. The molecule has 1 N–H and O–H groups in total. The van der Waals surface area contributed by atoms with Crippen LogP contribution in [0.2, 0.25) is 0 Å². The molecule has 0 atom stereocenters. The Morgan fingerprint density at radius 1 is 1.43 bits per heavy atom. The van der Waals surface area contributed by atoms with Gasteiger partial charge in [0.15, 0.2) is 0 Å². The van der Waals surface area contributed by atoms with E-state index in [1.807, 2.05) is 0 Å². The smallest absolute Gasteiger partial charge is 0.234 e. The van der Waals surface area contributed by atoms with Crippen molar-refractivity contribution in [1.82, 2.24) is 10.2 Å². The number of nitrogens with zero attached hydrogens (tertiary/aromatic N) is 1. The average molecular weight is 198 g/mol. The van der Waals surface area contributed by atoms with Crippen LogP contribution in [0.1, 0.15) is 33.1 Å². The number of carbonyl (C=O) groups is 1. The Labute approximate surface area is 86.9 Å². The van der Waals surface area contributed by atoms with Crippen molar-refractivity contribution in [2.24, 2.45) is 5.92 Å². The molecule has 3 heteroatoms. The van der Waals surface area contributed by atoms with Crippen LogP contribution in [0.4, 0.5) is 0 Å². The summed E-state index contributed by atoms with van der Waals surface area (Å²) in [6.07, 6.45) is 3.49. The molecule has 0 bridgehead atoms. The van der Waals surface area contributed by atoms with Crippen LogP contribution in [0.15, 0.2) is 0 Å². The number of carbonyl (C=O) groups excluding carboxylic acids is 1. The third-order valence-corrected chi connectivity index (χ3v) is 2.82. The molecule has 0 spiro atoms. The largest absolute Gasteiger partial charge is 0.355 e. The van der Waals surface area contributed by atoms with E-state index in [1.54, 1.807) is 0 Å². The topological polar surface area (TPSA) is 32.3 Å². The summed E-state index contributed by atoms with van der Waals surface area (Å²) in [6.45, 7) is 7.93. The van der Waals surface area contributed by atoms with Gasteiger partial charge in [-0.15, -0.1) is 0 Å². The van der Waals surface area contributed by atoms with Crippen molar-refractivity contribution < 1.29 is 4.79 Å². The quantitative estimate of drug-likeness (QED) is 0.737. The first-order valence-corrected chi connectivity index (χ1v) is 5.71. The molecule has 1 rings (SSSR count). The molecule has 0 aromatic rings. The predicted octanol–water partition coefficient (Wildman–Crippen LogP) is 1.24. The molecule has 14 heavy (non-hydrogen) atoms. The molecule has 3 nitrogen and oxygen atoms in total. The maximum atomic E-state index is 11.4. The first-order chi connectivity index (χ1) is 6.72. The monoisotopic (exact) mass is 198 g/mol. The summed E-state index contributed by atoms with van der Waals surface area (Å²) in [6, 6.07) is 0. The van der Waals surface area contributed by atoms with E-state index >= 15 is 0 Å². The molecule has 1 saturated heterocycles. The second-order valence-corrected chi connectivity index (χ2v) is 4.31. The molecule has 0 aromatic heterocycles. The fraction of sp³-hybridized carbons (Fsp3) is 0.909. The second-order valence-electron chi connectivity index (χ2n) is 4.31. The van der Waals surface area contributed by atoms with Crippen molar-refractivity contribution in [2.45, 2.75) is 33.1 Å². The molecule has 1 amide bonds. The van der Waals surface area contributed by atoms with Crippen molar-refractivity contribution in [3.8, 4) is 0 Å². The Morgan fingerprint density at radius 2 is 2.07 bits per heavy atom. The summed E-state index contributed by atoms with van der Waals surface area (Å²) in [7, 11) is 0. The normalized spacial score (nSPS) is 19.6. The van der Waals surface area contributed by atoms with Gasteiger partial charge in [-0.2, -0.15) is 0 Å². The number of piperidine rings is 1. The predicted molar refractivity (Wildman–Crippen MR) is 58.1 cm³/mol. The molecular weight excluding hydrogens is 176 g/mol. The second kappa shape index (κ2) is 6.02. The minimum Gasteiger partial charge on any atom is -0.355 e. The summed E-state index contributed by atoms with van der Waals surface area (Å²) >= 11 is 0. The minimum atomic E-state index is 0.182. The highest BCUT2D eigenvalue weighted by molar-refractivity contribution is 5.77. The van der Waals surface area contributed by atoms with Crippen molar-refractivity contribution in [3.63, 3.8) is 0 Å². The molecule has 0 unspecified atom stereocenters. The number of rotatable bonds is 4. The van der Waals surface area contributed by atoms with Crippen molar-refractivity contribution >= 4 is 5.91 Å². The Balaban J connectivity index is 2.14. The molecule has 1 heterocycles. The molecule has 0 saturated carbocycles. The van der Waals surface area contributed by atoms with E-state index < -0.39 is 0 Å². The number of nitrogens with one attached hydrogen (secondary N) is 1. The van der Waals surface area contributed by atoms with E-state index in [0.717, 1.165) is 32.0 Å². The van der Waals surface area contributed by atoms with Gasteiger partial charge in [-0.1, -0.05) is 13.8 Å². The summed E-state index contributed by atoms with van der Waals surface area (Å²) in [5.74, 6) is 1.02. The van der Waals surface area contributed by atoms with Gasteiger partial charge < -0.3 is 5.32 Å². The van der Waals surface area contributed by atoms with Crippen molar-refractivity contribution in [2.75, 3.05) is 26.2 Å². The maximum Gasteiger partial charge on any atom is 0.234 e. The van der Waals surface area contributed by atoms with Crippen LogP contribution >= 0.6 is 0 Å². The van der Waals surface area contributed by atoms with Gasteiger partial charge in [-0.05, 0) is 38.3 Å². The Morgan fingerprint density at radius 3 is 2.64 bits per heavy atom. The van der Waals surface area contributed by atoms with Gasteiger partial charge in [0, 0.05) is 6.54 Å². The Hall–Kier alpha value is -0.570. The molecule has 1 fully saturated rings. The molecule has 0 aromatic carbocycles. The van der Waals surface area contributed by atoms with Crippen LogP contribution in [0.25, 0.3) is 0 Å². The average Bonchev–Trinajstić information content (AvgIpc) is 2.18. The van der Waals surface area contributed by atoms with Crippen LogP contribution in [-0.2, 0) is 4.79 Å². The molecule has 82 valence electrons. The first-order valence-electron chi connectivity index (χ1n) is 5.71. The fourth-order valence-corrected chi connectivity index (χ4v) is 1.74. The highest BCUT2D eigenvalue weighted by Gasteiger charge is 2.17. The Bertz CT molecular complexity index is 174. The minimum absolute atomic E-state index is 0.182. The van der Waals surface area contributed by atoms with E-state index in [2.05, 4.69) is 24.1 Å². The fourth-order valence-electron chi connectivity index (χ4n) is 1.74. The van der Waals surface area contributed by atoms with Crippen molar-refractivity contribution in [1.29, 1.82) is 0 Å². The summed E-state index contributed by atoms with van der Waals surface area (Å²) in [4.78, 5) is 13.7. The van der Waals surface area contributed by atoms with Gasteiger partial charge in [0.25, 0.3) is 0 Å². The van der Waals surface area contributed by atoms with Crippen LogP contribution in [0, 0.1) is 5.92 Å².